The summed E-state index contributed by atoms with van der Waals surface area (Å²) in [6, 6.07) is 22.8. The minimum absolute atomic E-state index is 0.304. The third-order valence-corrected chi connectivity index (χ3v) is 4.88. The van der Waals surface area contributed by atoms with E-state index in [0.29, 0.717) is 17.0 Å². The van der Waals surface area contributed by atoms with Gasteiger partial charge in [0.15, 0.2) is 0 Å². The van der Waals surface area contributed by atoms with E-state index in [4.69, 9.17) is 0 Å². The largest absolute Gasteiger partial charge is 0.361 e. The fourth-order valence-electron chi connectivity index (χ4n) is 3.43. The van der Waals surface area contributed by atoms with Crippen LogP contribution >= 0.6 is 0 Å². The van der Waals surface area contributed by atoms with Crippen LogP contribution in [0, 0.1) is 0 Å². The first-order valence-electron chi connectivity index (χ1n) is 9.50. The fraction of sp³-hybridized carbons (Fsp3) is 0. The Balaban J connectivity index is 1.48. The highest BCUT2D eigenvalue weighted by Gasteiger charge is 2.14. The Morgan fingerprint density at radius 1 is 0.933 bits per heavy atom. The van der Waals surface area contributed by atoms with Gasteiger partial charge in [-0.3, -0.25) is 9.78 Å². The summed E-state index contributed by atoms with van der Waals surface area (Å²) in [6.07, 6.45) is 5.21. The minimum atomic E-state index is -0.304. The van der Waals surface area contributed by atoms with Crippen LogP contribution in [0.2, 0.25) is 0 Å². The third kappa shape index (κ3) is 3.31. The van der Waals surface area contributed by atoms with Crippen molar-refractivity contribution in [3.63, 3.8) is 0 Å². The van der Waals surface area contributed by atoms with Gasteiger partial charge < -0.3 is 4.98 Å². The number of aromatic nitrogens is 3. The number of hydrazone groups is 1. The van der Waals surface area contributed by atoms with Gasteiger partial charge in [0.25, 0.3) is 5.91 Å². The van der Waals surface area contributed by atoms with Gasteiger partial charge in [0, 0.05) is 34.2 Å². The highest BCUT2D eigenvalue weighted by atomic mass is 16.2. The van der Waals surface area contributed by atoms with E-state index in [9.17, 15) is 4.79 Å². The molecule has 1 amide bonds. The van der Waals surface area contributed by atoms with Gasteiger partial charge in [-0.15, -0.1) is 0 Å². The molecule has 5 aromatic rings. The van der Waals surface area contributed by atoms with Crippen molar-refractivity contribution in [2.45, 2.75) is 0 Å². The van der Waals surface area contributed by atoms with E-state index < -0.39 is 0 Å². The molecule has 0 atom stereocenters. The number of aromatic amines is 1. The zero-order valence-corrected chi connectivity index (χ0v) is 15.9. The van der Waals surface area contributed by atoms with E-state index in [0.717, 1.165) is 27.4 Å². The molecule has 6 nitrogen and oxygen atoms in total. The molecule has 0 saturated heterocycles. The predicted octanol–water partition coefficient (Wildman–Crippen LogP) is 4.54. The van der Waals surface area contributed by atoms with Gasteiger partial charge in [-0.25, -0.2) is 10.4 Å². The number of hydrogen-bond donors (Lipinski definition) is 2. The van der Waals surface area contributed by atoms with E-state index in [1.807, 2.05) is 72.9 Å². The number of benzene rings is 2. The monoisotopic (exact) mass is 391 g/mol. The van der Waals surface area contributed by atoms with E-state index in [-0.39, 0.29) is 5.91 Å². The summed E-state index contributed by atoms with van der Waals surface area (Å²) in [6.45, 7) is 0. The number of nitrogens with zero attached hydrogens (tertiary/aromatic N) is 3. The first-order chi connectivity index (χ1) is 14.8. The molecule has 6 heteroatoms. The van der Waals surface area contributed by atoms with Gasteiger partial charge >= 0.3 is 0 Å². The van der Waals surface area contributed by atoms with Crippen LogP contribution in [0.3, 0.4) is 0 Å². The molecule has 0 spiro atoms. The van der Waals surface area contributed by atoms with Gasteiger partial charge in [-0.05, 0) is 30.3 Å². The summed E-state index contributed by atoms with van der Waals surface area (Å²) in [5.41, 5.74) is 7.14. The first kappa shape index (κ1) is 17.8. The maximum Gasteiger partial charge on any atom is 0.272 e. The van der Waals surface area contributed by atoms with Crippen LogP contribution in [-0.4, -0.2) is 27.1 Å². The van der Waals surface area contributed by atoms with Gasteiger partial charge in [0.05, 0.1) is 28.7 Å². The number of carbonyl (C=O) groups excluding carboxylic acids is 1. The van der Waals surface area contributed by atoms with E-state index in [2.05, 4.69) is 25.5 Å². The van der Waals surface area contributed by atoms with Gasteiger partial charge in [0.1, 0.15) is 0 Å². The highest BCUT2D eigenvalue weighted by Crippen LogP contribution is 2.23. The van der Waals surface area contributed by atoms with Crippen LogP contribution in [0.5, 0.6) is 0 Å². The van der Waals surface area contributed by atoms with Gasteiger partial charge in [-0.2, -0.15) is 5.10 Å². The molecule has 0 fully saturated rings. The quantitative estimate of drug-likeness (QED) is 0.348. The fourth-order valence-corrected chi connectivity index (χ4v) is 3.43. The number of nitrogens with one attached hydrogen (secondary N) is 2. The van der Waals surface area contributed by atoms with Crippen LogP contribution < -0.4 is 5.43 Å². The van der Waals surface area contributed by atoms with Crippen LogP contribution in [0.1, 0.15) is 15.9 Å². The summed E-state index contributed by atoms with van der Waals surface area (Å²) in [5, 5.41) is 5.97. The summed E-state index contributed by atoms with van der Waals surface area (Å²) >= 11 is 0. The van der Waals surface area contributed by atoms with Crippen molar-refractivity contribution in [2.24, 2.45) is 5.10 Å². The Morgan fingerprint density at radius 3 is 2.60 bits per heavy atom. The Labute approximate surface area is 172 Å². The molecule has 0 saturated carbocycles. The molecule has 0 aliphatic rings. The Morgan fingerprint density at radius 2 is 1.73 bits per heavy atom. The average Bonchev–Trinajstić information content (AvgIpc) is 3.22. The second-order valence-corrected chi connectivity index (χ2v) is 6.78. The SMILES string of the molecule is O=C(N/N=C/c1c[nH]c2ccccc12)c1cc(-c2ccccn2)nc2ccccc12. The van der Waals surface area contributed by atoms with Crippen LogP contribution in [0.4, 0.5) is 0 Å². The molecule has 0 aliphatic carbocycles. The highest BCUT2D eigenvalue weighted by molar-refractivity contribution is 6.07. The average molecular weight is 391 g/mol. The van der Waals surface area contributed by atoms with Crippen molar-refractivity contribution in [2.75, 3.05) is 0 Å². The lowest BCUT2D eigenvalue weighted by atomic mass is 10.1. The molecule has 144 valence electrons. The van der Waals surface area contributed by atoms with Crippen molar-refractivity contribution < 1.29 is 4.79 Å². The topological polar surface area (TPSA) is 83.0 Å². The molecular formula is C24H17N5O. The number of hydrogen-bond acceptors (Lipinski definition) is 4. The summed E-state index contributed by atoms with van der Waals surface area (Å²) in [7, 11) is 0. The second-order valence-electron chi connectivity index (χ2n) is 6.78. The lowest BCUT2D eigenvalue weighted by Gasteiger charge is -2.08. The minimum Gasteiger partial charge on any atom is -0.361 e. The van der Waals surface area contributed by atoms with Gasteiger partial charge in [0.2, 0.25) is 0 Å². The predicted molar refractivity (Wildman–Crippen MR) is 118 cm³/mol. The van der Waals surface area contributed by atoms with Crippen molar-refractivity contribution in [3.8, 4) is 11.4 Å². The molecule has 0 radical (unpaired) electrons. The zero-order valence-electron chi connectivity index (χ0n) is 15.9. The molecule has 5 rings (SSSR count). The zero-order chi connectivity index (χ0) is 20.3. The molecule has 2 N–H and O–H groups in total. The summed E-state index contributed by atoms with van der Waals surface area (Å²) < 4.78 is 0. The molecule has 0 unspecified atom stereocenters. The maximum atomic E-state index is 13.0. The van der Waals surface area contributed by atoms with Gasteiger partial charge in [-0.1, -0.05) is 42.5 Å². The standard InChI is InChI=1S/C24H17N5O/c30-24(29-27-15-16-14-26-20-9-3-1-7-17(16)20)19-13-23(22-11-5-6-12-25-22)28-21-10-4-2-8-18(19)21/h1-15,26H,(H,29,30)/b27-15+. The number of para-hydroxylation sites is 2. The van der Waals surface area contributed by atoms with Crippen molar-refractivity contribution in [1.29, 1.82) is 0 Å². The van der Waals surface area contributed by atoms with Crippen LogP contribution in [0.25, 0.3) is 33.2 Å². The second kappa shape index (κ2) is 7.60. The van der Waals surface area contributed by atoms with E-state index >= 15 is 0 Å². The summed E-state index contributed by atoms with van der Waals surface area (Å²) in [5.74, 6) is -0.304. The first-order valence-corrected chi connectivity index (χ1v) is 9.50. The number of carbonyl (C=O) groups is 1. The number of pyridine rings is 2. The number of amides is 1. The van der Waals surface area contributed by atoms with E-state index in [1.165, 1.54) is 0 Å². The van der Waals surface area contributed by atoms with E-state index in [1.54, 1.807) is 18.5 Å². The Bertz CT molecular complexity index is 1390. The van der Waals surface area contributed by atoms with Crippen molar-refractivity contribution >= 4 is 33.9 Å². The smallest absolute Gasteiger partial charge is 0.272 e. The molecule has 3 aromatic heterocycles. The number of H-pyrrole nitrogens is 1. The molecule has 3 heterocycles. The molecule has 30 heavy (non-hydrogen) atoms. The van der Waals surface area contributed by atoms with Crippen molar-refractivity contribution in [1.82, 2.24) is 20.4 Å². The molecular weight excluding hydrogens is 374 g/mol. The lowest BCUT2D eigenvalue weighted by molar-refractivity contribution is 0.0956. The third-order valence-electron chi connectivity index (χ3n) is 4.88. The lowest BCUT2D eigenvalue weighted by Crippen LogP contribution is -2.18. The summed E-state index contributed by atoms with van der Waals surface area (Å²) in [4.78, 5) is 25.2. The number of fused-ring (bicyclic) bond motifs is 2. The van der Waals surface area contributed by atoms with Crippen molar-refractivity contribution in [3.05, 3.63) is 96.3 Å². The van der Waals surface area contributed by atoms with Crippen LogP contribution in [0.15, 0.2) is 90.3 Å². The Kier molecular flexibility index (Phi) is 4.50. The maximum absolute atomic E-state index is 13.0. The number of rotatable bonds is 4. The molecule has 0 bridgehead atoms. The molecule has 2 aromatic carbocycles. The normalized spacial score (nSPS) is 11.3. The Hall–Kier alpha value is -4.32. The van der Waals surface area contributed by atoms with Crippen LogP contribution in [-0.2, 0) is 0 Å². The molecule has 0 aliphatic heterocycles.